The van der Waals surface area contributed by atoms with Crippen LogP contribution in [0.4, 0.5) is 0 Å². The van der Waals surface area contributed by atoms with Gasteiger partial charge in [-0.25, -0.2) is 0 Å². The molecule has 4 heteroatoms. The van der Waals surface area contributed by atoms with E-state index >= 15 is 0 Å². The minimum atomic E-state index is -0.769. The number of carboxylic acid groups (broad SMARTS) is 1. The molecule has 16 heavy (non-hydrogen) atoms. The maximum absolute atomic E-state index is 11.6. The van der Waals surface area contributed by atoms with E-state index in [9.17, 15) is 14.7 Å². The molecule has 1 amide bonds. The van der Waals surface area contributed by atoms with Gasteiger partial charge in [-0.05, 0) is 19.3 Å². The first-order chi connectivity index (χ1) is 7.52. The average molecular weight is 227 g/mol. The van der Waals surface area contributed by atoms with Crippen LogP contribution in [-0.4, -0.2) is 23.5 Å². The quantitative estimate of drug-likeness (QED) is 0.752. The van der Waals surface area contributed by atoms with Crippen LogP contribution in [0.15, 0.2) is 0 Å². The fourth-order valence-electron chi connectivity index (χ4n) is 2.13. The zero-order chi connectivity index (χ0) is 12.2. The summed E-state index contributed by atoms with van der Waals surface area (Å²) in [6.45, 7) is 4.09. The molecular weight excluding hydrogens is 206 g/mol. The predicted octanol–water partition coefficient (Wildman–Crippen LogP) is 1.79. The Hall–Kier alpha value is -1.06. The Morgan fingerprint density at radius 3 is 2.38 bits per heavy atom. The minimum Gasteiger partial charge on any atom is -0.481 e. The molecule has 1 aliphatic rings. The van der Waals surface area contributed by atoms with Gasteiger partial charge in [0.25, 0.3) is 0 Å². The highest BCUT2D eigenvalue weighted by atomic mass is 16.4. The van der Waals surface area contributed by atoms with Crippen LogP contribution in [0.25, 0.3) is 0 Å². The lowest BCUT2D eigenvalue weighted by atomic mass is 9.86. The number of hydrogen-bond donors (Lipinski definition) is 2. The first-order valence-corrected chi connectivity index (χ1v) is 6.03. The topological polar surface area (TPSA) is 66.4 Å². The third-order valence-electron chi connectivity index (χ3n) is 3.68. The molecule has 0 aromatic rings. The van der Waals surface area contributed by atoms with Gasteiger partial charge in [-0.1, -0.05) is 26.7 Å². The molecule has 1 saturated carbocycles. The maximum atomic E-state index is 11.6. The summed E-state index contributed by atoms with van der Waals surface area (Å²) in [5.74, 6) is -0.836. The van der Waals surface area contributed by atoms with Crippen molar-refractivity contribution in [3.63, 3.8) is 0 Å². The molecule has 0 radical (unpaired) electrons. The third-order valence-corrected chi connectivity index (χ3v) is 3.68. The van der Waals surface area contributed by atoms with Crippen molar-refractivity contribution in [2.45, 2.75) is 46.0 Å². The van der Waals surface area contributed by atoms with E-state index in [0.29, 0.717) is 12.8 Å². The highest BCUT2D eigenvalue weighted by molar-refractivity contribution is 5.80. The van der Waals surface area contributed by atoms with Crippen molar-refractivity contribution >= 4 is 11.9 Å². The van der Waals surface area contributed by atoms with Gasteiger partial charge in [0.1, 0.15) is 0 Å². The van der Waals surface area contributed by atoms with Crippen molar-refractivity contribution in [1.29, 1.82) is 0 Å². The molecule has 4 nitrogen and oxygen atoms in total. The summed E-state index contributed by atoms with van der Waals surface area (Å²) in [5, 5.41) is 12.0. The normalized spacial score (nSPS) is 20.4. The molecule has 0 bridgehead atoms. The molecule has 0 saturated heterocycles. The molecule has 0 aromatic heterocycles. The third kappa shape index (κ3) is 2.74. The van der Waals surface area contributed by atoms with Gasteiger partial charge >= 0.3 is 5.97 Å². The fraction of sp³-hybridized carbons (Fsp3) is 0.833. The smallest absolute Gasteiger partial charge is 0.311 e. The Bertz CT molecular complexity index is 269. The second kappa shape index (κ2) is 5.32. The van der Waals surface area contributed by atoms with Crippen LogP contribution in [0.2, 0.25) is 0 Å². The standard InChI is InChI=1S/C12H21NO3/c1-3-9(2)10(14)13-8-12(11(15)16)6-4-5-7-12/h9H,3-8H2,1-2H3,(H,13,14)(H,15,16). The van der Waals surface area contributed by atoms with Crippen molar-refractivity contribution in [3.8, 4) is 0 Å². The molecule has 1 atom stereocenters. The number of carboxylic acids is 1. The largest absolute Gasteiger partial charge is 0.481 e. The van der Waals surface area contributed by atoms with Gasteiger partial charge in [0, 0.05) is 12.5 Å². The van der Waals surface area contributed by atoms with E-state index in [1.807, 2.05) is 13.8 Å². The number of nitrogens with one attached hydrogen (secondary N) is 1. The van der Waals surface area contributed by atoms with Crippen LogP contribution in [-0.2, 0) is 9.59 Å². The lowest BCUT2D eigenvalue weighted by molar-refractivity contribution is -0.148. The van der Waals surface area contributed by atoms with E-state index in [0.717, 1.165) is 19.3 Å². The molecule has 1 unspecified atom stereocenters. The molecule has 0 heterocycles. The Balaban J connectivity index is 2.51. The molecule has 1 rings (SSSR count). The summed E-state index contributed by atoms with van der Waals surface area (Å²) < 4.78 is 0. The van der Waals surface area contributed by atoms with E-state index in [4.69, 9.17) is 0 Å². The number of carbonyl (C=O) groups is 2. The first kappa shape index (κ1) is 13.0. The molecule has 1 aliphatic carbocycles. The monoisotopic (exact) mass is 227 g/mol. The maximum Gasteiger partial charge on any atom is 0.311 e. The summed E-state index contributed by atoms with van der Waals surface area (Å²) in [7, 11) is 0. The lowest BCUT2D eigenvalue weighted by Gasteiger charge is -2.24. The average Bonchev–Trinajstić information content (AvgIpc) is 2.74. The van der Waals surface area contributed by atoms with Crippen LogP contribution < -0.4 is 5.32 Å². The first-order valence-electron chi connectivity index (χ1n) is 6.03. The van der Waals surface area contributed by atoms with Crippen LogP contribution in [0.3, 0.4) is 0 Å². The summed E-state index contributed by atoms with van der Waals surface area (Å²) in [4.78, 5) is 22.8. The van der Waals surface area contributed by atoms with E-state index in [1.165, 1.54) is 0 Å². The van der Waals surface area contributed by atoms with Crippen molar-refractivity contribution in [2.24, 2.45) is 11.3 Å². The molecule has 92 valence electrons. The fourth-order valence-corrected chi connectivity index (χ4v) is 2.13. The Kier molecular flexibility index (Phi) is 4.33. The summed E-state index contributed by atoms with van der Waals surface area (Å²) in [6, 6.07) is 0. The number of hydrogen-bond acceptors (Lipinski definition) is 2. The van der Waals surface area contributed by atoms with Crippen LogP contribution in [0.5, 0.6) is 0 Å². The molecule has 2 N–H and O–H groups in total. The Morgan fingerprint density at radius 1 is 1.38 bits per heavy atom. The SMILES string of the molecule is CCC(C)C(=O)NCC1(C(=O)O)CCCC1. The highest BCUT2D eigenvalue weighted by Gasteiger charge is 2.41. The zero-order valence-corrected chi connectivity index (χ0v) is 10.1. The van der Waals surface area contributed by atoms with Crippen LogP contribution in [0, 0.1) is 11.3 Å². The molecule has 0 aromatic carbocycles. The van der Waals surface area contributed by atoms with Gasteiger partial charge in [0.05, 0.1) is 5.41 Å². The molecule has 0 aliphatic heterocycles. The van der Waals surface area contributed by atoms with Crippen molar-refractivity contribution in [2.75, 3.05) is 6.54 Å². The molecular formula is C12H21NO3. The van der Waals surface area contributed by atoms with Crippen molar-refractivity contribution < 1.29 is 14.7 Å². The van der Waals surface area contributed by atoms with Gasteiger partial charge in [-0.2, -0.15) is 0 Å². The van der Waals surface area contributed by atoms with Gasteiger partial charge in [-0.3, -0.25) is 9.59 Å². The number of carbonyl (C=O) groups excluding carboxylic acids is 1. The number of aliphatic carboxylic acids is 1. The predicted molar refractivity (Wildman–Crippen MR) is 61.0 cm³/mol. The Morgan fingerprint density at radius 2 is 1.94 bits per heavy atom. The van der Waals surface area contributed by atoms with E-state index in [2.05, 4.69) is 5.32 Å². The van der Waals surface area contributed by atoms with Crippen LogP contribution in [0.1, 0.15) is 46.0 Å². The van der Waals surface area contributed by atoms with Gasteiger partial charge in [0.15, 0.2) is 0 Å². The van der Waals surface area contributed by atoms with Gasteiger partial charge in [0.2, 0.25) is 5.91 Å². The van der Waals surface area contributed by atoms with E-state index in [-0.39, 0.29) is 18.4 Å². The summed E-state index contributed by atoms with van der Waals surface area (Å²) >= 11 is 0. The zero-order valence-electron chi connectivity index (χ0n) is 10.1. The van der Waals surface area contributed by atoms with Gasteiger partial charge in [-0.15, -0.1) is 0 Å². The van der Waals surface area contributed by atoms with Crippen molar-refractivity contribution in [3.05, 3.63) is 0 Å². The summed E-state index contributed by atoms with van der Waals surface area (Å²) in [6.07, 6.45) is 4.05. The number of amides is 1. The highest BCUT2D eigenvalue weighted by Crippen LogP contribution is 2.37. The van der Waals surface area contributed by atoms with E-state index in [1.54, 1.807) is 0 Å². The Labute approximate surface area is 96.4 Å². The lowest BCUT2D eigenvalue weighted by Crippen LogP contribution is -2.42. The second-order valence-corrected chi connectivity index (χ2v) is 4.82. The summed E-state index contributed by atoms with van der Waals surface area (Å²) in [5.41, 5.74) is -0.705. The van der Waals surface area contributed by atoms with Crippen molar-refractivity contribution in [1.82, 2.24) is 5.32 Å². The number of rotatable bonds is 5. The second-order valence-electron chi connectivity index (χ2n) is 4.82. The van der Waals surface area contributed by atoms with Gasteiger partial charge < -0.3 is 10.4 Å². The van der Waals surface area contributed by atoms with Crippen LogP contribution >= 0.6 is 0 Å². The molecule has 1 fully saturated rings. The molecule has 0 spiro atoms. The van der Waals surface area contributed by atoms with E-state index < -0.39 is 11.4 Å². The minimum absolute atomic E-state index is 0.0324.